The Bertz CT molecular complexity index is 3210. The summed E-state index contributed by atoms with van der Waals surface area (Å²) in [6, 6.07) is -18.2. The van der Waals surface area contributed by atoms with Crippen LogP contribution in [0.2, 0.25) is 0 Å². The number of aliphatic imine (C=N–C) groups is 1. The van der Waals surface area contributed by atoms with Gasteiger partial charge in [0.2, 0.25) is 82.7 Å². The summed E-state index contributed by atoms with van der Waals surface area (Å²) in [5, 5.41) is 64.6. The number of carbonyl (C=O) groups excluding carboxylic acids is 15. The van der Waals surface area contributed by atoms with Crippen LogP contribution >= 0.6 is 21.6 Å². The van der Waals surface area contributed by atoms with Crippen molar-refractivity contribution in [2.45, 2.75) is 217 Å². The number of nitrogens with one attached hydrogen (secondary N) is 13. The van der Waals surface area contributed by atoms with Gasteiger partial charge in [0.15, 0.2) is 19.5 Å². The van der Waals surface area contributed by atoms with Gasteiger partial charge >= 0.3 is 5.97 Å². The molecule has 632 valence electrons. The zero-order valence-electron chi connectivity index (χ0n) is 64.8. The van der Waals surface area contributed by atoms with Gasteiger partial charge in [-0.3, -0.25) is 76.9 Å². The first kappa shape index (κ1) is 95.8. The van der Waals surface area contributed by atoms with Crippen LogP contribution in [0.4, 0.5) is 0 Å². The van der Waals surface area contributed by atoms with Crippen LogP contribution in [0.1, 0.15) is 139 Å². The third kappa shape index (κ3) is 32.1. The van der Waals surface area contributed by atoms with Gasteiger partial charge in [0.1, 0.15) is 92.9 Å². The predicted molar refractivity (Wildman–Crippen MR) is 405 cm³/mol. The van der Waals surface area contributed by atoms with Crippen molar-refractivity contribution in [1.29, 1.82) is 0 Å². The lowest BCUT2D eigenvalue weighted by atomic mass is 9.96. The summed E-state index contributed by atoms with van der Waals surface area (Å²) in [5.74, 6) is -17.2. The number of carboxylic acid groups (broad SMARTS) is 1. The van der Waals surface area contributed by atoms with E-state index in [1.54, 1.807) is 55.4 Å². The molecule has 112 heavy (non-hydrogen) atoms. The quantitative estimate of drug-likeness (QED) is 0.0105. The van der Waals surface area contributed by atoms with Gasteiger partial charge < -0.3 is 129 Å². The number of ether oxygens (including phenoxy) is 4. The molecule has 4 aliphatic rings. The van der Waals surface area contributed by atoms with Crippen LogP contribution < -0.4 is 80.6 Å². The second-order valence-corrected chi connectivity index (χ2v) is 30.8. The van der Waals surface area contributed by atoms with Gasteiger partial charge in [-0.15, -0.1) is 0 Å². The molecule has 0 aromatic rings. The Morgan fingerprint density at radius 3 is 1.88 bits per heavy atom. The van der Waals surface area contributed by atoms with Crippen molar-refractivity contribution in [3.63, 3.8) is 0 Å². The van der Waals surface area contributed by atoms with Gasteiger partial charge in [0, 0.05) is 31.1 Å². The van der Waals surface area contributed by atoms with E-state index in [2.05, 4.69) is 74.1 Å². The molecule has 43 heteroatoms. The van der Waals surface area contributed by atoms with Gasteiger partial charge in [0.05, 0.1) is 38.3 Å². The first-order valence-electron chi connectivity index (χ1n) is 37.7. The third-order valence-corrected chi connectivity index (χ3v) is 21.6. The number of aliphatic hydroxyl groups is 2. The van der Waals surface area contributed by atoms with E-state index in [0.29, 0.717) is 44.9 Å². The number of aldehydes is 1. The molecule has 4 heterocycles. The van der Waals surface area contributed by atoms with Crippen molar-refractivity contribution < 1.29 is 111 Å². The number of nitrogens with two attached hydrogens (primary N) is 2. The molecule has 4 aliphatic heterocycles. The second-order valence-electron chi connectivity index (χ2n) is 28.2. The van der Waals surface area contributed by atoms with E-state index < -0.39 is 256 Å². The first-order chi connectivity index (χ1) is 53.3. The van der Waals surface area contributed by atoms with E-state index in [0.717, 1.165) is 21.6 Å². The third-order valence-electron chi connectivity index (χ3n) is 19.2. The number of hydrogen-bond acceptors (Lipinski definition) is 26. The molecule has 0 spiro atoms. The molecule has 4 fully saturated rings. The monoisotopic (exact) mass is 1630 g/mol. The molecule has 0 bridgehead atoms. The number of aliphatic hydroxyl groups excluding tert-OH is 2. The van der Waals surface area contributed by atoms with E-state index >= 15 is 4.79 Å². The largest absolute Gasteiger partial charge is 0.481 e. The lowest BCUT2D eigenvalue weighted by Gasteiger charge is -2.33. The Labute approximate surface area is 658 Å². The SMILES string of the molecule is CC[C@H](C)[C@@H]1NC(=O)CNC(=O)COCOCOCOCNC(=O)[C@H](CC(=O)O)NC(=O)[C@@H]2CCCN2C(=O)[C@H]([C@@H](C)CC)NC(=O)[C@@H](NC(=O)[C@@H](NC(=O)[C@@H]2CCCN2)[C@@H](C)CC)CSSC[C@@H](C(=O)N[C@@H](CO)C(=O)N[C@@H](CCCN=C(N)N)C(=O)N[C@@H](CO)C(=O)N[C@@H](CC(C)C)C(=O)N2CCC[C@H]2C=O)NC1=O. The maximum absolute atomic E-state index is 15.1. The van der Waals surface area contributed by atoms with Crippen LogP contribution in [0.15, 0.2) is 4.99 Å². The zero-order valence-corrected chi connectivity index (χ0v) is 66.4. The molecule has 16 atom stereocenters. The van der Waals surface area contributed by atoms with Gasteiger partial charge in [0.25, 0.3) is 0 Å². The Morgan fingerprint density at radius 1 is 0.634 bits per heavy atom. The number of guanidine groups is 1. The van der Waals surface area contributed by atoms with Crippen LogP contribution in [0.25, 0.3) is 0 Å². The highest BCUT2D eigenvalue weighted by Crippen LogP contribution is 2.27. The number of carbonyl (C=O) groups is 16. The number of fused-ring (bicyclic) bond motifs is 1. The number of likely N-dealkylation sites (tertiary alicyclic amines) is 1. The fraction of sp³-hybridized carbons (Fsp3) is 0.754. The van der Waals surface area contributed by atoms with Crippen molar-refractivity contribution in [3.8, 4) is 0 Å². The predicted octanol–water partition coefficient (Wildman–Crippen LogP) is -6.01. The molecular weight excluding hydrogens is 1510 g/mol. The van der Waals surface area contributed by atoms with Crippen molar-refractivity contribution in [2.75, 3.05) is 91.2 Å². The average Bonchev–Trinajstić information content (AvgIpc) is 1.60. The number of carboxylic acids is 1. The number of amides is 14. The van der Waals surface area contributed by atoms with Gasteiger partial charge in [-0.2, -0.15) is 0 Å². The Hall–Kier alpha value is -8.59. The van der Waals surface area contributed by atoms with Crippen LogP contribution in [0.5, 0.6) is 0 Å². The summed E-state index contributed by atoms with van der Waals surface area (Å²) in [6.07, 6.45) is 2.89. The Morgan fingerprint density at radius 2 is 1.25 bits per heavy atom. The lowest BCUT2D eigenvalue weighted by molar-refractivity contribution is -0.174. The smallest absolute Gasteiger partial charge is 0.305 e. The van der Waals surface area contributed by atoms with Crippen LogP contribution in [0.3, 0.4) is 0 Å². The minimum atomic E-state index is -1.95. The summed E-state index contributed by atoms with van der Waals surface area (Å²) >= 11 is 0. The standard InChI is InChI=1S/C69H116N18O23S2/c1-9-38(6)54-65(103)81-48(62(100)80-46(28-89)60(98)76-43(18-13-21-73-69(70)71)59(97)79-47(29-90)61(99)78-45(24-37(4)5)67(105)86-22-14-16-41(86)27-88)31-111-112-32-49(82-66(104)55(39(7)10-2)84-58(96)42-17-12-20-72-42)63(101)85-56(40(8)11-3)68(106)87-23-15-19-50(87)64(102)77-44(25-53(93)94)57(95)75-33-108-35-110-36-109-34-107-30-52(92)74-26-51(91)83-54/h27,37-50,54-56,72,89-90H,9-26,28-36H2,1-8H3,(H,74,92)(H,75,95)(H,76,98)(H,77,102)(H,78,99)(H,79,97)(H,80,100)(H,81,103)(H,82,104)(H,83,91)(H,84,96)(H,85,101)(H,93,94)(H4,70,71,73)/t38-,39-,40-,41-,42-,43-,44-,45-,46-,47-,48-,49-,50-,54-,55-,56-/m0/s1. The molecule has 4 rings (SSSR count). The van der Waals surface area contributed by atoms with E-state index in [4.69, 9.17) is 30.4 Å². The highest BCUT2D eigenvalue weighted by Gasteiger charge is 2.43. The molecule has 20 N–H and O–H groups in total. The highest BCUT2D eigenvalue weighted by molar-refractivity contribution is 8.76. The van der Waals surface area contributed by atoms with Gasteiger partial charge in [-0.05, 0) is 88.0 Å². The van der Waals surface area contributed by atoms with Crippen LogP contribution in [-0.4, -0.2) is 296 Å². The molecule has 14 amide bonds. The highest BCUT2D eigenvalue weighted by atomic mass is 33.1. The van der Waals surface area contributed by atoms with Crippen molar-refractivity contribution in [2.24, 2.45) is 40.1 Å². The molecule has 41 nitrogen and oxygen atoms in total. The van der Waals surface area contributed by atoms with Crippen LogP contribution in [-0.2, 0) is 95.7 Å². The maximum Gasteiger partial charge on any atom is 0.305 e. The minimum Gasteiger partial charge on any atom is -0.481 e. The fourth-order valence-corrected chi connectivity index (χ4v) is 14.6. The molecule has 0 radical (unpaired) electrons. The summed E-state index contributed by atoms with van der Waals surface area (Å²) < 4.78 is 20.8. The summed E-state index contributed by atoms with van der Waals surface area (Å²) in [5.41, 5.74) is 11.1. The van der Waals surface area contributed by atoms with Crippen molar-refractivity contribution >= 4 is 123 Å². The molecule has 0 aliphatic carbocycles. The number of hydrogen-bond donors (Lipinski definition) is 18. The van der Waals surface area contributed by atoms with E-state index in [1.165, 1.54) is 9.80 Å². The number of nitrogens with zero attached hydrogens (tertiary/aromatic N) is 3. The van der Waals surface area contributed by atoms with Gasteiger partial charge in [-0.1, -0.05) is 96.2 Å². The lowest BCUT2D eigenvalue weighted by Crippen LogP contribution is -2.61. The van der Waals surface area contributed by atoms with E-state index in [9.17, 15) is 87.2 Å². The zero-order chi connectivity index (χ0) is 83.1. The average molecular weight is 1630 g/mol. The normalized spacial score (nSPS) is 24.4. The number of rotatable bonds is 30. The van der Waals surface area contributed by atoms with Crippen molar-refractivity contribution in [1.82, 2.24) is 78.9 Å². The summed E-state index contributed by atoms with van der Waals surface area (Å²) in [6.45, 7) is 8.94. The molecule has 0 saturated carbocycles. The summed E-state index contributed by atoms with van der Waals surface area (Å²) in [7, 11) is 1.69. The summed E-state index contributed by atoms with van der Waals surface area (Å²) in [4.78, 5) is 228. The first-order valence-corrected chi connectivity index (χ1v) is 40.2. The molecule has 0 aromatic carbocycles. The second kappa shape index (κ2) is 50.5. The van der Waals surface area contributed by atoms with E-state index in [1.807, 2.05) is 0 Å². The van der Waals surface area contributed by atoms with Crippen LogP contribution in [0, 0.1) is 23.7 Å². The molecule has 0 unspecified atom stereocenters. The van der Waals surface area contributed by atoms with Crippen molar-refractivity contribution in [3.05, 3.63) is 0 Å². The molecule has 4 saturated heterocycles. The topological polar surface area (TPSA) is 598 Å². The molecular formula is C69H116N18O23S2. The maximum atomic E-state index is 15.1. The Balaban J connectivity index is 1.77. The number of aliphatic carboxylic acids is 1. The van der Waals surface area contributed by atoms with E-state index in [-0.39, 0.29) is 76.5 Å². The Kier molecular flexibility index (Phi) is 43.2. The minimum absolute atomic E-state index is 0.0153. The van der Waals surface area contributed by atoms with Gasteiger partial charge in [-0.25, -0.2) is 0 Å². The molecule has 0 aromatic heterocycles. The fourth-order valence-electron chi connectivity index (χ4n) is 12.2.